The third-order valence-electron chi connectivity index (χ3n) is 3.01. The molecule has 0 heterocycles. The predicted molar refractivity (Wildman–Crippen MR) is 74.8 cm³/mol. The summed E-state index contributed by atoms with van der Waals surface area (Å²) in [5, 5.41) is 0. The van der Waals surface area contributed by atoms with Crippen LogP contribution in [0.3, 0.4) is 0 Å². The van der Waals surface area contributed by atoms with Gasteiger partial charge in [0.15, 0.2) is 0 Å². The van der Waals surface area contributed by atoms with Crippen molar-refractivity contribution in [1.82, 2.24) is 0 Å². The Morgan fingerprint density at radius 2 is 1.57 bits per heavy atom. The zero-order valence-corrected chi connectivity index (χ0v) is 11.3. The maximum Gasteiger partial charge on any atom is 0.390 e. The quantitative estimate of drug-likeness (QED) is 0.896. The highest BCUT2D eigenvalue weighted by molar-refractivity contribution is 5.29. The Hall–Kier alpha value is -2.01. The van der Waals surface area contributed by atoms with Crippen LogP contribution in [0.4, 0.5) is 13.2 Å². The lowest BCUT2D eigenvalue weighted by Gasteiger charge is -2.15. The molecule has 0 saturated heterocycles. The van der Waals surface area contributed by atoms with E-state index in [-0.39, 0.29) is 0 Å². The average Bonchev–Trinajstić information content (AvgIpc) is 2.45. The van der Waals surface area contributed by atoms with Crippen LogP contribution in [0.25, 0.3) is 0 Å². The molecule has 0 fully saturated rings. The first-order valence-corrected chi connectivity index (χ1v) is 6.53. The molecule has 5 heteroatoms. The molecule has 0 radical (unpaired) electrons. The molecular formula is C16H16F3NO. The fourth-order valence-corrected chi connectivity index (χ4v) is 1.92. The summed E-state index contributed by atoms with van der Waals surface area (Å²) >= 11 is 0. The lowest BCUT2D eigenvalue weighted by Crippen LogP contribution is -2.20. The molecule has 0 spiro atoms. The predicted octanol–water partition coefficient (Wildman–Crippen LogP) is 4.22. The van der Waals surface area contributed by atoms with Crippen LogP contribution < -0.4 is 10.5 Å². The maximum atomic E-state index is 12.3. The lowest BCUT2D eigenvalue weighted by atomic mass is 10.0. The monoisotopic (exact) mass is 295 g/mol. The van der Waals surface area contributed by atoms with E-state index < -0.39 is 18.6 Å². The highest BCUT2D eigenvalue weighted by atomic mass is 19.4. The van der Waals surface area contributed by atoms with Crippen molar-refractivity contribution in [2.24, 2.45) is 5.73 Å². The van der Waals surface area contributed by atoms with E-state index >= 15 is 0 Å². The number of alkyl halides is 3. The third-order valence-corrected chi connectivity index (χ3v) is 3.01. The van der Waals surface area contributed by atoms with E-state index in [1.165, 1.54) is 0 Å². The van der Waals surface area contributed by atoms with Crippen molar-refractivity contribution in [2.75, 3.05) is 0 Å². The van der Waals surface area contributed by atoms with E-state index in [1.54, 1.807) is 24.3 Å². The van der Waals surface area contributed by atoms with Crippen LogP contribution in [0.15, 0.2) is 54.6 Å². The Kier molecular flexibility index (Phi) is 4.85. The summed E-state index contributed by atoms with van der Waals surface area (Å²) in [5.41, 5.74) is 7.00. The fraction of sp³-hybridized carbons (Fsp3) is 0.250. The molecule has 2 rings (SSSR count). The molecule has 1 unspecified atom stereocenters. The van der Waals surface area contributed by atoms with E-state index in [1.807, 2.05) is 30.3 Å². The molecule has 112 valence electrons. The van der Waals surface area contributed by atoms with Gasteiger partial charge in [0.1, 0.15) is 12.4 Å². The molecule has 0 aliphatic heterocycles. The number of ether oxygens (including phenoxy) is 1. The maximum absolute atomic E-state index is 12.3. The second-order valence-corrected chi connectivity index (χ2v) is 4.77. The average molecular weight is 295 g/mol. The Morgan fingerprint density at radius 3 is 2.14 bits per heavy atom. The number of hydrogen-bond acceptors (Lipinski definition) is 2. The van der Waals surface area contributed by atoms with Crippen molar-refractivity contribution >= 4 is 0 Å². The van der Waals surface area contributed by atoms with E-state index in [9.17, 15) is 13.2 Å². The Morgan fingerprint density at radius 1 is 0.952 bits per heavy atom. The van der Waals surface area contributed by atoms with Gasteiger partial charge in [0.05, 0.1) is 6.42 Å². The van der Waals surface area contributed by atoms with Gasteiger partial charge in [-0.15, -0.1) is 0 Å². The molecule has 2 N–H and O–H groups in total. The smallest absolute Gasteiger partial charge is 0.390 e. The van der Waals surface area contributed by atoms with Crippen LogP contribution in [0, 0.1) is 0 Å². The molecule has 2 aromatic carbocycles. The first-order chi connectivity index (χ1) is 9.94. The molecule has 2 aromatic rings. The summed E-state index contributed by atoms with van der Waals surface area (Å²) < 4.78 is 42.4. The van der Waals surface area contributed by atoms with Crippen molar-refractivity contribution in [3.05, 3.63) is 65.7 Å². The van der Waals surface area contributed by atoms with Gasteiger partial charge in [0, 0.05) is 6.04 Å². The Balaban J connectivity index is 1.93. The van der Waals surface area contributed by atoms with Crippen LogP contribution in [-0.4, -0.2) is 6.18 Å². The van der Waals surface area contributed by atoms with Gasteiger partial charge in [0.2, 0.25) is 0 Å². The normalized spacial score (nSPS) is 13.0. The molecule has 0 aliphatic carbocycles. The second kappa shape index (κ2) is 6.63. The number of nitrogens with two attached hydrogens (primary N) is 1. The molecule has 1 atom stereocenters. The van der Waals surface area contributed by atoms with Crippen LogP contribution in [-0.2, 0) is 6.61 Å². The first kappa shape index (κ1) is 15.4. The third kappa shape index (κ3) is 5.11. The molecular weight excluding hydrogens is 279 g/mol. The van der Waals surface area contributed by atoms with E-state index in [2.05, 4.69) is 0 Å². The fourth-order valence-electron chi connectivity index (χ4n) is 1.92. The van der Waals surface area contributed by atoms with Gasteiger partial charge in [-0.3, -0.25) is 0 Å². The van der Waals surface area contributed by atoms with Crippen molar-refractivity contribution in [3.8, 4) is 5.75 Å². The van der Waals surface area contributed by atoms with Gasteiger partial charge >= 0.3 is 6.18 Å². The number of halogens is 3. The number of benzene rings is 2. The van der Waals surface area contributed by atoms with Gasteiger partial charge < -0.3 is 10.5 Å². The Bertz CT molecular complexity index is 552. The zero-order valence-electron chi connectivity index (χ0n) is 11.3. The lowest BCUT2D eigenvalue weighted by molar-refractivity contribution is -0.138. The minimum atomic E-state index is -4.26. The summed E-state index contributed by atoms with van der Waals surface area (Å²) in [6.07, 6.45) is -5.29. The van der Waals surface area contributed by atoms with Crippen LogP contribution >= 0.6 is 0 Å². The highest BCUT2D eigenvalue weighted by Crippen LogP contribution is 2.28. The van der Waals surface area contributed by atoms with Gasteiger partial charge in [-0.05, 0) is 23.3 Å². The van der Waals surface area contributed by atoms with Crippen LogP contribution in [0.1, 0.15) is 23.6 Å². The Labute approximate surface area is 121 Å². The standard InChI is InChI=1S/C16H16F3NO/c17-16(18,19)10-15(20)13-6-8-14(9-7-13)21-11-12-4-2-1-3-5-12/h1-9,15H,10-11,20H2. The van der Waals surface area contributed by atoms with E-state index in [0.29, 0.717) is 17.9 Å². The molecule has 21 heavy (non-hydrogen) atoms. The molecule has 0 aliphatic rings. The molecule has 0 bridgehead atoms. The molecule has 2 nitrogen and oxygen atoms in total. The van der Waals surface area contributed by atoms with Crippen molar-refractivity contribution in [2.45, 2.75) is 25.2 Å². The SMILES string of the molecule is NC(CC(F)(F)F)c1ccc(OCc2ccccc2)cc1. The van der Waals surface area contributed by atoms with Crippen LogP contribution in [0.2, 0.25) is 0 Å². The van der Waals surface area contributed by atoms with E-state index in [4.69, 9.17) is 10.5 Å². The van der Waals surface area contributed by atoms with Gasteiger partial charge in [-0.1, -0.05) is 42.5 Å². The number of rotatable bonds is 5. The first-order valence-electron chi connectivity index (χ1n) is 6.53. The van der Waals surface area contributed by atoms with E-state index in [0.717, 1.165) is 5.56 Å². The minimum Gasteiger partial charge on any atom is -0.489 e. The van der Waals surface area contributed by atoms with Crippen molar-refractivity contribution in [3.63, 3.8) is 0 Å². The number of hydrogen-bond donors (Lipinski definition) is 1. The summed E-state index contributed by atoms with van der Waals surface area (Å²) in [6, 6.07) is 15.0. The van der Waals surface area contributed by atoms with Crippen molar-refractivity contribution < 1.29 is 17.9 Å². The van der Waals surface area contributed by atoms with Crippen molar-refractivity contribution in [1.29, 1.82) is 0 Å². The minimum absolute atomic E-state index is 0.411. The summed E-state index contributed by atoms with van der Waals surface area (Å²) in [4.78, 5) is 0. The highest BCUT2D eigenvalue weighted by Gasteiger charge is 2.30. The summed E-state index contributed by atoms with van der Waals surface area (Å²) in [7, 11) is 0. The summed E-state index contributed by atoms with van der Waals surface area (Å²) in [6.45, 7) is 0.411. The van der Waals surface area contributed by atoms with Gasteiger partial charge in [0.25, 0.3) is 0 Å². The van der Waals surface area contributed by atoms with Crippen LogP contribution in [0.5, 0.6) is 5.75 Å². The van der Waals surface area contributed by atoms with Gasteiger partial charge in [-0.25, -0.2) is 0 Å². The molecule has 0 saturated carbocycles. The largest absolute Gasteiger partial charge is 0.489 e. The van der Waals surface area contributed by atoms with Gasteiger partial charge in [-0.2, -0.15) is 13.2 Å². The summed E-state index contributed by atoms with van der Waals surface area (Å²) in [5.74, 6) is 0.599. The molecule has 0 amide bonds. The molecule has 0 aromatic heterocycles. The topological polar surface area (TPSA) is 35.2 Å². The zero-order chi connectivity index (χ0) is 15.3. The second-order valence-electron chi connectivity index (χ2n) is 4.77.